The molecule has 1 aromatic rings. The minimum atomic E-state index is -1.14. The van der Waals surface area contributed by atoms with Crippen molar-refractivity contribution in [3.8, 4) is 0 Å². The molecule has 1 aliphatic heterocycles. The van der Waals surface area contributed by atoms with Crippen molar-refractivity contribution in [3.05, 3.63) is 56.3 Å². The number of dihydropyridines is 1. The van der Waals surface area contributed by atoms with E-state index >= 15 is 0 Å². The summed E-state index contributed by atoms with van der Waals surface area (Å²) in [5.74, 6) is -2.61. The first-order valence-electron chi connectivity index (χ1n) is 8.47. The van der Waals surface area contributed by atoms with Crippen LogP contribution in [0.5, 0.6) is 0 Å². The second kappa shape index (κ2) is 7.95. The van der Waals surface area contributed by atoms with Crippen LogP contribution in [0, 0.1) is 5.41 Å². The van der Waals surface area contributed by atoms with Gasteiger partial charge in [0.25, 0.3) is 0 Å². The molecule has 0 saturated carbocycles. The van der Waals surface area contributed by atoms with Crippen molar-refractivity contribution in [3.63, 3.8) is 0 Å². The Bertz CT molecular complexity index is 850. The van der Waals surface area contributed by atoms with Crippen molar-refractivity contribution in [2.75, 3.05) is 6.61 Å². The quantitative estimate of drug-likeness (QED) is 0.688. The van der Waals surface area contributed by atoms with E-state index in [0.717, 1.165) is 0 Å². The number of nitrogens with one attached hydrogen (secondary N) is 1. The molecule has 0 saturated heterocycles. The van der Waals surface area contributed by atoms with Gasteiger partial charge in [-0.05, 0) is 30.9 Å². The summed E-state index contributed by atoms with van der Waals surface area (Å²) in [5.41, 5.74) is 1.44. The molecule has 5 nitrogen and oxygen atoms in total. The molecule has 0 fully saturated rings. The van der Waals surface area contributed by atoms with Crippen LogP contribution in [0.15, 0.2) is 40.7 Å². The molecule has 0 spiro atoms. The van der Waals surface area contributed by atoms with Gasteiger partial charge in [0.1, 0.15) is 0 Å². The topological polar surface area (TPSA) is 75.6 Å². The SMILES string of the molecule is CC1=C(C(=O)O)C(c2cccc(Cl)c2Cl)C(C(=O)OCC(C)(C)C)=C(C)N1. The molecule has 0 bridgehead atoms. The summed E-state index contributed by atoms with van der Waals surface area (Å²) in [5, 5.41) is 13.3. The number of hydrogen-bond acceptors (Lipinski definition) is 4. The van der Waals surface area contributed by atoms with Crippen molar-refractivity contribution in [2.24, 2.45) is 5.41 Å². The first kappa shape index (κ1) is 21.3. The molecule has 1 aromatic carbocycles. The molecule has 2 N–H and O–H groups in total. The number of aliphatic carboxylic acids is 1. The summed E-state index contributed by atoms with van der Waals surface area (Å²) >= 11 is 12.5. The maximum absolute atomic E-state index is 12.9. The molecule has 27 heavy (non-hydrogen) atoms. The van der Waals surface area contributed by atoms with Crippen molar-refractivity contribution in [1.82, 2.24) is 5.32 Å². The van der Waals surface area contributed by atoms with E-state index in [1.165, 1.54) is 0 Å². The Labute approximate surface area is 169 Å². The van der Waals surface area contributed by atoms with E-state index in [1.54, 1.807) is 32.0 Å². The van der Waals surface area contributed by atoms with Gasteiger partial charge in [0.15, 0.2) is 0 Å². The van der Waals surface area contributed by atoms with Crippen LogP contribution in [0.4, 0.5) is 0 Å². The average Bonchev–Trinajstić information content (AvgIpc) is 2.53. The lowest BCUT2D eigenvalue weighted by molar-refractivity contribution is -0.142. The second-order valence-electron chi connectivity index (χ2n) is 7.72. The van der Waals surface area contributed by atoms with Crippen LogP contribution in [0.25, 0.3) is 0 Å². The van der Waals surface area contributed by atoms with Crippen LogP contribution < -0.4 is 5.32 Å². The fourth-order valence-corrected chi connectivity index (χ4v) is 3.38. The lowest BCUT2D eigenvalue weighted by Crippen LogP contribution is -2.32. The van der Waals surface area contributed by atoms with E-state index in [-0.39, 0.29) is 33.2 Å². The Morgan fingerprint density at radius 3 is 2.30 bits per heavy atom. The zero-order valence-electron chi connectivity index (χ0n) is 15.9. The number of halogens is 2. The van der Waals surface area contributed by atoms with Gasteiger partial charge < -0.3 is 15.2 Å². The molecular weight excluding hydrogens is 389 g/mol. The van der Waals surface area contributed by atoms with Gasteiger partial charge in [-0.3, -0.25) is 0 Å². The summed E-state index contributed by atoms with van der Waals surface area (Å²) in [7, 11) is 0. The highest BCUT2D eigenvalue weighted by Crippen LogP contribution is 2.43. The van der Waals surface area contributed by atoms with Gasteiger partial charge in [0.2, 0.25) is 0 Å². The third-order valence-electron chi connectivity index (χ3n) is 4.14. The number of carboxylic acids is 1. The monoisotopic (exact) mass is 411 g/mol. The molecule has 1 aliphatic rings. The van der Waals surface area contributed by atoms with Gasteiger partial charge >= 0.3 is 11.9 Å². The molecular formula is C20H23Cl2NO4. The van der Waals surface area contributed by atoms with E-state index in [4.69, 9.17) is 27.9 Å². The second-order valence-corrected chi connectivity index (χ2v) is 8.51. The summed E-state index contributed by atoms with van der Waals surface area (Å²) in [6, 6.07) is 4.96. The lowest BCUT2D eigenvalue weighted by Gasteiger charge is -2.31. The zero-order valence-corrected chi connectivity index (χ0v) is 17.5. The summed E-state index contributed by atoms with van der Waals surface area (Å²) in [6.45, 7) is 9.39. The van der Waals surface area contributed by atoms with Crippen molar-refractivity contribution < 1.29 is 19.4 Å². The number of carbonyl (C=O) groups excluding carboxylic acids is 1. The van der Waals surface area contributed by atoms with Gasteiger partial charge in [-0.15, -0.1) is 0 Å². The molecule has 2 rings (SSSR count). The van der Waals surface area contributed by atoms with Crippen molar-refractivity contribution in [2.45, 2.75) is 40.5 Å². The Balaban J connectivity index is 2.61. The van der Waals surface area contributed by atoms with E-state index in [2.05, 4.69) is 5.32 Å². The van der Waals surface area contributed by atoms with Crippen LogP contribution in [0.2, 0.25) is 10.0 Å². The molecule has 0 amide bonds. The van der Waals surface area contributed by atoms with Gasteiger partial charge in [0, 0.05) is 11.4 Å². The van der Waals surface area contributed by atoms with E-state index in [0.29, 0.717) is 17.0 Å². The van der Waals surface area contributed by atoms with Crippen LogP contribution >= 0.6 is 23.2 Å². The minimum Gasteiger partial charge on any atom is -0.478 e. The van der Waals surface area contributed by atoms with Gasteiger partial charge in [0.05, 0.1) is 33.7 Å². The van der Waals surface area contributed by atoms with E-state index in [9.17, 15) is 14.7 Å². The Kier molecular flexibility index (Phi) is 6.28. The first-order chi connectivity index (χ1) is 12.4. The predicted octanol–water partition coefficient (Wildman–Crippen LogP) is 4.90. The fourth-order valence-electron chi connectivity index (χ4n) is 2.96. The summed E-state index contributed by atoms with van der Waals surface area (Å²) < 4.78 is 5.47. The molecule has 146 valence electrons. The normalized spacial score (nSPS) is 17.7. The zero-order chi connectivity index (χ0) is 20.5. The molecule has 0 aromatic heterocycles. The molecule has 7 heteroatoms. The highest BCUT2D eigenvalue weighted by atomic mass is 35.5. The highest BCUT2D eigenvalue weighted by Gasteiger charge is 2.38. The van der Waals surface area contributed by atoms with Crippen molar-refractivity contribution >= 4 is 35.1 Å². The number of allylic oxidation sites excluding steroid dienone is 2. The Morgan fingerprint density at radius 2 is 1.74 bits per heavy atom. The highest BCUT2D eigenvalue weighted by molar-refractivity contribution is 6.42. The maximum atomic E-state index is 12.9. The number of benzene rings is 1. The summed E-state index contributed by atoms with van der Waals surface area (Å²) in [6.07, 6.45) is 0. The van der Waals surface area contributed by atoms with Crippen LogP contribution in [-0.2, 0) is 14.3 Å². The number of esters is 1. The minimum absolute atomic E-state index is 0.0347. The number of ether oxygens (including phenoxy) is 1. The maximum Gasteiger partial charge on any atom is 0.336 e. The number of carbonyl (C=O) groups is 2. The largest absolute Gasteiger partial charge is 0.478 e. The molecule has 0 aliphatic carbocycles. The van der Waals surface area contributed by atoms with Gasteiger partial charge in [-0.25, -0.2) is 9.59 Å². The van der Waals surface area contributed by atoms with Crippen LogP contribution in [0.1, 0.15) is 46.1 Å². The number of hydrogen-bond donors (Lipinski definition) is 2. The lowest BCUT2D eigenvalue weighted by atomic mass is 9.80. The van der Waals surface area contributed by atoms with Gasteiger partial charge in [-0.2, -0.15) is 0 Å². The van der Waals surface area contributed by atoms with Crippen molar-refractivity contribution in [1.29, 1.82) is 0 Å². The molecule has 0 radical (unpaired) electrons. The molecule has 1 heterocycles. The van der Waals surface area contributed by atoms with Crippen LogP contribution in [0.3, 0.4) is 0 Å². The average molecular weight is 412 g/mol. The molecule has 1 unspecified atom stereocenters. The Morgan fingerprint density at radius 1 is 1.15 bits per heavy atom. The first-order valence-corrected chi connectivity index (χ1v) is 9.22. The number of rotatable bonds is 4. The van der Waals surface area contributed by atoms with E-state index in [1.807, 2.05) is 20.8 Å². The smallest absolute Gasteiger partial charge is 0.336 e. The molecule has 1 atom stereocenters. The number of carboxylic acid groups (broad SMARTS) is 1. The van der Waals surface area contributed by atoms with Crippen LogP contribution in [-0.4, -0.2) is 23.7 Å². The Hall–Kier alpha value is -1.98. The third kappa shape index (κ3) is 4.66. The van der Waals surface area contributed by atoms with E-state index < -0.39 is 17.9 Å². The third-order valence-corrected chi connectivity index (χ3v) is 4.97. The fraction of sp³-hybridized carbons (Fsp3) is 0.400. The summed E-state index contributed by atoms with van der Waals surface area (Å²) in [4.78, 5) is 24.9. The van der Waals surface area contributed by atoms with Gasteiger partial charge in [-0.1, -0.05) is 56.1 Å². The predicted molar refractivity (Wildman–Crippen MR) is 106 cm³/mol. The standard InChI is InChI=1S/C20H23Cl2NO4/c1-10-14(18(24)25)16(12-7-6-8-13(21)17(12)22)15(11(2)23-10)19(26)27-9-20(3,4)5/h6-8,16,23H,9H2,1-5H3,(H,24,25).